The van der Waals surface area contributed by atoms with Gasteiger partial charge in [0.1, 0.15) is 0 Å². The van der Waals surface area contributed by atoms with E-state index in [9.17, 15) is 0 Å². The lowest BCUT2D eigenvalue weighted by Gasteiger charge is -2.12. The molecule has 0 saturated carbocycles. The average Bonchev–Trinajstić information content (AvgIpc) is 2.28. The standard InChI is InChI=1S/C12H14Br2N2/c1-2-3-4-8-7-15-11-5-9(13)10(14)6-12(11)16-8/h5-7,9-10H,2-4H2,1H3. The molecule has 4 heteroatoms. The van der Waals surface area contributed by atoms with Crippen LogP contribution in [0.5, 0.6) is 0 Å². The second-order valence-corrected chi connectivity index (χ2v) is 6.07. The first-order valence-corrected chi connectivity index (χ1v) is 7.37. The van der Waals surface area contributed by atoms with Crippen LogP contribution in [0.15, 0.2) is 6.20 Å². The highest BCUT2D eigenvalue weighted by Gasteiger charge is 2.14. The molecule has 16 heavy (non-hydrogen) atoms. The second kappa shape index (κ2) is 5.41. The van der Waals surface area contributed by atoms with Gasteiger partial charge in [0.05, 0.1) is 26.0 Å². The van der Waals surface area contributed by atoms with E-state index in [1.807, 2.05) is 6.20 Å². The Labute approximate surface area is 112 Å². The van der Waals surface area contributed by atoms with Gasteiger partial charge in [-0.1, -0.05) is 45.2 Å². The van der Waals surface area contributed by atoms with E-state index in [4.69, 9.17) is 0 Å². The summed E-state index contributed by atoms with van der Waals surface area (Å²) in [4.78, 5) is 9.70. The number of alkyl halides is 2. The Morgan fingerprint density at radius 3 is 2.56 bits per heavy atom. The van der Waals surface area contributed by atoms with E-state index >= 15 is 0 Å². The minimum atomic E-state index is 0.302. The van der Waals surface area contributed by atoms with Crippen molar-refractivity contribution in [3.05, 3.63) is 22.6 Å². The van der Waals surface area contributed by atoms with Crippen molar-refractivity contribution in [1.29, 1.82) is 0 Å². The van der Waals surface area contributed by atoms with Gasteiger partial charge >= 0.3 is 0 Å². The molecule has 1 aromatic rings. The fourth-order valence-electron chi connectivity index (χ4n) is 1.67. The summed E-state index contributed by atoms with van der Waals surface area (Å²) in [5.74, 6) is 0. The molecule has 0 spiro atoms. The molecular weight excluding hydrogens is 332 g/mol. The van der Waals surface area contributed by atoms with Gasteiger partial charge in [0.15, 0.2) is 0 Å². The first-order chi connectivity index (χ1) is 7.70. The summed E-state index contributed by atoms with van der Waals surface area (Å²) in [6.45, 7) is 2.19. The third-order valence-corrected chi connectivity index (χ3v) is 4.98. The fraction of sp³-hybridized carbons (Fsp3) is 0.500. The number of hydrogen-bond acceptors (Lipinski definition) is 2. The van der Waals surface area contributed by atoms with Gasteiger partial charge in [0.2, 0.25) is 0 Å². The van der Waals surface area contributed by atoms with Crippen LogP contribution in [-0.2, 0) is 6.42 Å². The summed E-state index contributed by atoms with van der Waals surface area (Å²) in [7, 11) is 0. The van der Waals surface area contributed by atoms with Gasteiger partial charge in [-0.25, -0.2) is 4.98 Å². The molecule has 0 saturated heterocycles. The lowest BCUT2D eigenvalue weighted by molar-refractivity contribution is 0.765. The van der Waals surface area contributed by atoms with Crippen LogP contribution < -0.4 is 10.7 Å². The van der Waals surface area contributed by atoms with Crippen molar-refractivity contribution < 1.29 is 0 Å². The topological polar surface area (TPSA) is 25.8 Å². The van der Waals surface area contributed by atoms with E-state index in [0.29, 0.717) is 9.65 Å². The van der Waals surface area contributed by atoms with Crippen LogP contribution in [0.4, 0.5) is 0 Å². The molecule has 2 rings (SSSR count). The van der Waals surface area contributed by atoms with Crippen molar-refractivity contribution in [1.82, 2.24) is 9.97 Å². The van der Waals surface area contributed by atoms with Gasteiger partial charge < -0.3 is 0 Å². The van der Waals surface area contributed by atoms with Crippen LogP contribution in [0.2, 0.25) is 0 Å². The number of unbranched alkanes of at least 4 members (excludes halogenated alkanes) is 1. The SMILES string of the molecule is CCCCc1cnc2c(n1)=CC(Br)C(Br)C=2. The van der Waals surface area contributed by atoms with Gasteiger partial charge in [-0.3, -0.25) is 4.98 Å². The van der Waals surface area contributed by atoms with Crippen molar-refractivity contribution in [2.75, 3.05) is 0 Å². The van der Waals surface area contributed by atoms with Gasteiger partial charge in [0, 0.05) is 6.20 Å². The molecule has 2 unspecified atom stereocenters. The van der Waals surface area contributed by atoms with Gasteiger partial charge in [-0.15, -0.1) is 0 Å². The fourth-order valence-corrected chi connectivity index (χ4v) is 2.47. The highest BCUT2D eigenvalue weighted by molar-refractivity contribution is 9.12. The Kier molecular flexibility index (Phi) is 4.14. The Hall–Kier alpha value is -0.220. The summed E-state index contributed by atoms with van der Waals surface area (Å²) in [5, 5.41) is 1.99. The zero-order valence-corrected chi connectivity index (χ0v) is 12.3. The number of aromatic nitrogens is 2. The van der Waals surface area contributed by atoms with E-state index in [-0.39, 0.29) is 0 Å². The molecule has 0 amide bonds. The van der Waals surface area contributed by atoms with Crippen LogP contribution in [0.25, 0.3) is 12.2 Å². The quantitative estimate of drug-likeness (QED) is 0.782. The minimum absolute atomic E-state index is 0.302. The van der Waals surface area contributed by atoms with Crippen LogP contribution in [0.3, 0.4) is 0 Å². The number of hydrogen-bond donors (Lipinski definition) is 0. The predicted molar refractivity (Wildman–Crippen MR) is 74.3 cm³/mol. The van der Waals surface area contributed by atoms with Crippen LogP contribution in [-0.4, -0.2) is 19.6 Å². The van der Waals surface area contributed by atoms with Crippen molar-refractivity contribution in [2.24, 2.45) is 0 Å². The third-order valence-electron chi connectivity index (χ3n) is 2.60. The molecule has 1 aliphatic rings. The highest BCUT2D eigenvalue weighted by Crippen LogP contribution is 2.17. The Morgan fingerprint density at radius 1 is 1.19 bits per heavy atom. The van der Waals surface area contributed by atoms with Crippen LogP contribution in [0, 0.1) is 0 Å². The summed E-state index contributed by atoms with van der Waals surface area (Å²) in [5.41, 5.74) is 1.10. The molecule has 0 aliphatic heterocycles. The van der Waals surface area contributed by atoms with Crippen molar-refractivity contribution >= 4 is 44.0 Å². The van der Waals surface area contributed by atoms with Gasteiger partial charge in [0.25, 0.3) is 0 Å². The Morgan fingerprint density at radius 2 is 1.88 bits per heavy atom. The van der Waals surface area contributed by atoms with Crippen LogP contribution in [0.1, 0.15) is 25.5 Å². The number of aryl methyl sites for hydroxylation is 1. The van der Waals surface area contributed by atoms with Gasteiger partial charge in [-0.05, 0) is 25.0 Å². The van der Waals surface area contributed by atoms with Crippen molar-refractivity contribution in [3.8, 4) is 0 Å². The molecule has 86 valence electrons. The molecule has 2 atom stereocenters. The third kappa shape index (κ3) is 2.72. The molecule has 1 aromatic heterocycles. The maximum atomic E-state index is 4.64. The largest absolute Gasteiger partial charge is 0.253 e. The molecular formula is C12H14Br2N2. The molecule has 0 radical (unpaired) electrons. The molecule has 0 bridgehead atoms. The number of halogens is 2. The minimum Gasteiger partial charge on any atom is -0.253 e. The second-order valence-electron chi connectivity index (χ2n) is 3.96. The lowest BCUT2D eigenvalue weighted by Crippen LogP contribution is -2.39. The highest BCUT2D eigenvalue weighted by atomic mass is 79.9. The first-order valence-electron chi connectivity index (χ1n) is 5.54. The first kappa shape index (κ1) is 12.2. The summed E-state index contributed by atoms with van der Waals surface area (Å²) < 4.78 is 0. The lowest BCUT2D eigenvalue weighted by atomic mass is 10.2. The van der Waals surface area contributed by atoms with E-state index < -0.39 is 0 Å². The smallest absolute Gasteiger partial charge is 0.0859 e. The zero-order chi connectivity index (χ0) is 11.5. The normalized spacial score (nSPS) is 23.2. The molecule has 1 heterocycles. The number of rotatable bonds is 3. The van der Waals surface area contributed by atoms with E-state index in [2.05, 4.69) is 60.9 Å². The number of fused-ring (bicyclic) bond motifs is 1. The monoisotopic (exact) mass is 344 g/mol. The summed E-state index contributed by atoms with van der Waals surface area (Å²) >= 11 is 7.18. The summed E-state index contributed by atoms with van der Waals surface area (Å²) in [6, 6.07) is 0. The molecule has 0 aromatic carbocycles. The maximum Gasteiger partial charge on any atom is 0.0859 e. The van der Waals surface area contributed by atoms with Crippen molar-refractivity contribution in [2.45, 2.75) is 35.8 Å². The van der Waals surface area contributed by atoms with Crippen LogP contribution >= 0.6 is 31.9 Å². The average molecular weight is 346 g/mol. The predicted octanol–water partition coefficient (Wildman–Crippen LogP) is 1.92. The maximum absolute atomic E-state index is 4.64. The molecule has 2 nitrogen and oxygen atoms in total. The molecule has 0 N–H and O–H groups in total. The number of nitrogens with zero attached hydrogens (tertiary/aromatic N) is 2. The van der Waals surface area contributed by atoms with Gasteiger partial charge in [-0.2, -0.15) is 0 Å². The molecule has 1 aliphatic carbocycles. The van der Waals surface area contributed by atoms with Crippen molar-refractivity contribution in [3.63, 3.8) is 0 Å². The van der Waals surface area contributed by atoms with E-state index in [0.717, 1.165) is 22.8 Å². The summed E-state index contributed by atoms with van der Waals surface area (Å²) in [6.07, 6.45) is 9.51. The Bertz CT molecular complexity index is 484. The zero-order valence-electron chi connectivity index (χ0n) is 9.16. The molecule has 0 fully saturated rings. The van der Waals surface area contributed by atoms with E-state index in [1.54, 1.807) is 0 Å². The van der Waals surface area contributed by atoms with E-state index in [1.165, 1.54) is 12.8 Å². The Balaban J connectivity index is 2.36.